The molecule has 0 amide bonds. The molecule has 1 aromatic rings. The lowest BCUT2D eigenvalue weighted by Crippen LogP contribution is -2.39. The van der Waals surface area contributed by atoms with E-state index in [1.165, 1.54) is 18.0 Å². The number of likely N-dealkylation sites (N-methyl/N-ethyl adjacent to an activating group) is 1. The lowest BCUT2D eigenvalue weighted by atomic mass is 10.1. The van der Waals surface area contributed by atoms with Crippen molar-refractivity contribution >= 4 is 5.96 Å². The number of nitrogens with zero attached hydrogens (tertiary/aromatic N) is 2. The van der Waals surface area contributed by atoms with Crippen molar-refractivity contribution in [3.63, 3.8) is 0 Å². The van der Waals surface area contributed by atoms with Crippen LogP contribution in [-0.2, 0) is 6.42 Å². The highest BCUT2D eigenvalue weighted by atomic mass is 19.4. The summed E-state index contributed by atoms with van der Waals surface area (Å²) in [4.78, 5) is 5.40. The smallest absolute Gasteiger partial charge is 0.357 e. The predicted octanol–water partition coefficient (Wildman–Crippen LogP) is 2.42. The van der Waals surface area contributed by atoms with Gasteiger partial charge in [-0.3, -0.25) is 9.89 Å². The van der Waals surface area contributed by atoms with Gasteiger partial charge in [-0.15, -0.1) is 0 Å². The Hall–Kier alpha value is -1.83. The average Bonchev–Trinajstić information content (AvgIpc) is 2.47. The van der Waals surface area contributed by atoms with Gasteiger partial charge in [-0.2, -0.15) is 13.2 Å². The molecule has 0 aliphatic carbocycles. The molecule has 0 spiro atoms. The summed E-state index contributed by atoms with van der Waals surface area (Å²) in [5, 5.41) is 6.06. The first-order valence-electron chi connectivity index (χ1n) is 7.82. The molecule has 1 aromatic carbocycles. The van der Waals surface area contributed by atoms with Crippen molar-refractivity contribution in [2.45, 2.75) is 19.5 Å². The van der Waals surface area contributed by atoms with Crippen LogP contribution in [0.3, 0.4) is 0 Å². The summed E-state index contributed by atoms with van der Waals surface area (Å²) in [7, 11) is 1.40. The Kier molecular flexibility index (Phi) is 8.53. The van der Waals surface area contributed by atoms with E-state index in [1.54, 1.807) is 18.2 Å². The third-order valence-electron chi connectivity index (χ3n) is 3.19. The van der Waals surface area contributed by atoms with Crippen LogP contribution in [0.4, 0.5) is 17.6 Å². The predicted molar refractivity (Wildman–Crippen MR) is 87.6 cm³/mol. The molecule has 0 saturated heterocycles. The molecule has 0 aromatic heterocycles. The van der Waals surface area contributed by atoms with E-state index < -0.39 is 12.7 Å². The van der Waals surface area contributed by atoms with Gasteiger partial charge in [0.1, 0.15) is 5.82 Å². The Labute approximate surface area is 139 Å². The van der Waals surface area contributed by atoms with Gasteiger partial charge in [-0.05, 0) is 32.0 Å². The van der Waals surface area contributed by atoms with E-state index in [9.17, 15) is 17.6 Å². The topological polar surface area (TPSA) is 39.7 Å². The largest absolute Gasteiger partial charge is 0.401 e. The minimum Gasteiger partial charge on any atom is -0.357 e. The molecule has 1 rings (SSSR count). The van der Waals surface area contributed by atoms with Crippen LogP contribution in [0, 0.1) is 5.82 Å². The van der Waals surface area contributed by atoms with Gasteiger partial charge < -0.3 is 10.6 Å². The second-order valence-corrected chi connectivity index (χ2v) is 5.38. The summed E-state index contributed by atoms with van der Waals surface area (Å²) in [6.07, 6.45) is -3.72. The van der Waals surface area contributed by atoms with E-state index in [1.807, 2.05) is 6.92 Å². The zero-order valence-electron chi connectivity index (χ0n) is 14.0. The first-order valence-corrected chi connectivity index (χ1v) is 7.82. The van der Waals surface area contributed by atoms with Crippen molar-refractivity contribution in [2.75, 3.05) is 39.8 Å². The minimum atomic E-state index is -4.21. The van der Waals surface area contributed by atoms with Crippen molar-refractivity contribution in [2.24, 2.45) is 4.99 Å². The van der Waals surface area contributed by atoms with Crippen molar-refractivity contribution in [1.82, 2.24) is 15.5 Å². The molecule has 0 fully saturated rings. The van der Waals surface area contributed by atoms with Crippen LogP contribution >= 0.6 is 0 Å². The number of benzene rings is 1. The highest BCUT2D eigenvalue weighted by Gasteiger charge is 2.28. The molecule has 136 valence electrons. The number of rotatable bonds is 8. The van der Waals surface area contributed by atoms with Gasteiger partial charge >= 0.3 is 6.18 Å². The van der Waals surface area contributed by atoms with Gasteiger partial charge in [0.05, 0.1) is 13.1 Å². The normalized spacial score (nSPS) is 12.5. The molecule has 2 N–H and O–H groups in total. The number of guanidine groups is 1. The standard InChI is InChI=1S/C16H24F4N4/c1-3-21-15(23-10-11-24(2)12-16(18,19)20)22-9-8-13-6-4-5-7-14(13)17/h4-7H,3,8-12H2,1-2H3,(H2,21,22,23). The van der Waals surface area contributed by atoms with Gasteiger partial charge in [0.25, 0.3) is 0 Å². The molecule has 0 radical (unpaired) electrons. The average molecular weight is 348 g/mol. The number of hydrogen-bond donors (Lipinski definition) is 2. The maximum Gasteiger partial charge on any atom is 0.401 e. The Morgan fingerprint density at radius 2 is 1.92 bits per heavy atom. The van der Waals surface area contributed by atoms with E-state index in [0.717, 1.165) is 0 Å². The van der Waals surface area contributed by atoms with Gasteiger partial charge in [0, 0.05) is 19.6 Å². The monoisotopic (exact) mass is 348 g/mol. The summed E-state index contributed by atoms with van der Waals surface area (Å²) < 4.78 is 50.2. The van der Waals surface area contributed by atoms with Gasteiger partial charge in [0.2, 0.25) is 0 Å². The van der Waals surface area contributed by atoms with E-state index in [4.69, 9.17) is 0 Å². The van der Waals surface area contributed by atoms with Crippen molar-refractivity contribution in [3.05, 3.63) is 35.6 Å². The number of aliphatic imine (C=N–C) groups is 1. The molecule has 0 atom stereocenters. The second-order valence-electron chi connectivity index (χ2n) is 5.38. The SMILES string of the molecule is CCNC(=NCCN(C)CC(F)(F)F)NCCc1ccccc1F. The zero-order chi connectivity index (χ0) is 18.0. The highest BCUT2D eigenvalue weighted by Crippen LogP contribution is 2.15. The molecular formula is C16H24F4N4. The third kappa shape index (κ3) is 8.71. The Morgan fingerprint density at radius 3 is 2.54 bits per heavy atom. The fraction of sp³-hybridized carbons (Fsp3) is 0.562. The summed E-state index contributed by atoms with van der Waals surface area (Å²) in [5.74, 6) is 0.254. The van der Waals surface area contributed by atoms with Crippen LogP contribution < -0.4 is 10.6 Å². The molecule has 0 aliphatic rings. The fourth-order valence-corrected chi connectivity index (χ4v) is 2.08. The number of nitrogens with one attached hydrogen (secondary N) is 2. The zero-order valence-corrected chi connectivity index (χ0v) is 14.0. The lowest BCUT2D eigenvalue weighted by molar-refractivity contribution is -0.142. The molecule has 0 heterocycles. The Morgan fingerprint density at radius 1 is 1.21 bits per heavy atom. The van der Waals surface area contributed by atoms with E-state index in [0.29, 0.717) is 31.0 Å². The summed E-state index contributed by atoms with van der Waals surface area (Å²) in [6, 6.07) is 6.53. The highest BCUT2D eigenvalue weighted by molar-refractivity contribution is 5.79. The van der Waals surface area contributed by atoms with Crippen molar-refractivity contribution in [1.29, 1.82) is 0 Å². The summed E-state index contributed by atoms with van der Waals surface area (Å²) in [5.41, 5.74) is 0.603. The first-order chi connectivity index (χ1) is 11.3. The van der Waals surface area contributed by atoms with Crippen LogP contribution in [0.5, 0.6) is 0 Å². The van der Waals surface area contributed by atoms with Gasteiger partial charge in [-0.25, -0.2) is 4.39 Å². The molecule has 4 nitrogen and oxygen atoms in total. The van der Waals surface area contributed by atoms with E-state index in [-0.39, 0.29) is 18.9 Å². The maximum atomic E-state index is 13.5. The second kappa shape index (κ2) is 10.1. The van der Waals surface area contributed by atoms with E-state index >= 15 is 0 Å². The third-order valence-corrected chi connectivity index (χ3v) is 3.19. The van der Waals surface area contributed by atoms with Crippen molar-refractivity contribution < 1.29 is 17.6 Å². The van der Waals surface area contributed by atoms with Crippen LogP contribution in [-0.4, -0.2) is 56.8 Å². The van der Waals surface area contributed by atoms with Crippen LogP contribution in [0.1, 0.15) is 12.5 Å². The molecular weight excluding hydrogens is 324 g/mol. The molecule has 0 saturated carbocycles. The molecule has 0 unspecified atom stereocenters. The van der Waals surface area contributed by atoms with Crippen LogP contribution in [0.15, 0.2) is 29.3 Å². The summed E-state index contributed by atoms with van der Waals surface area (Å²) in [6.45, 7) is 2.48. The molecule has 8 heteroatoms. The Balaban J connectivity index is 2.41. The molecule has 0 bridgehead atoms. The van der Waals surface area contributed by atoms with Gasteiger partial charge in [-0.1, -0.05) is 18.2 Å². The minimum absolute atomic E-state index is 0.198. The van der Waals surface area contributed by atoms with Crippen LogP contribution in [0.25, 0.3) is 0 Å². The molecule has 24 heavy (non-hydrogen) atoms. The van der Waals surface area contributed by atoms with E-state index in [2.05, 4.69) is 15.6 Å². The number of halogens is 4. The fourth-order valence-electron chi connectivity index (χ4n) is 2.08. The lowest BCUT2D eigenvalue weighted by Gasteiger charge is -2.18. The Bertz CT molecular complexity index is 517. The first kappa shape index (κ1) is 20.2. The number of hydrogen-bond acceptors (Lipinski definition) is 2. The quantitative estimate of drug-likeness (QED) is 0.431. The molecule has 0 aliphatic heterocycles. The van der Waals surface area contributed by atoms with Gasteiger partial charge in [0.15, 0.2) is 5.96 Å². The van der Waals surface area contributed by atoms with Crippen molar-refractivity contribution in [3.8, 4) is 0 Å². The summed E-state index contributed by atoms with van der Waals surface area (Å²) >= 11 is 0. The number of alkyl halides is 3. The van der Waals surface area contributed by atoms with Crippen LogP contribution in [0.2, 0.25) is 0 Å². The maximum absolute atomic E-state index is 13.5.